The molecule has 2 fully saturated rings. The lowest BCUT2D eigenvalue weighted by atomic mass is 9.43. The summed E-state index contributed by atoms with van der Waals surface area (Å²) in [4.78, 5) is 12.2. The minimum Gasteiger partial charge on any atom is -0.426 e. The Kier molecular flexibility index (Phi) is 5.65. The molecule has 160 valence electrons. The van der Waals surface area contributed by atoms with Gasteiger partial charge in [-0.2, -0.15) is 0 Å². The molecule has 0 radical (unpaired) electrons. The number of benzene rings is 1. The second-order valence-electron chi connectivity index (χ2n) is 10.9. The Labute approximate surface area is 182 Å². The molecule has 0 aromatic heterocycles. The normalized spacial score (nSPS) is 35.2. The fourth-order valence-corrected chi connectivity index (χ4v) is 8.89. The number of hydrogen-bond donors (Lipinski definition) is 0. The first-order chi connectivity index (χ1) is 13.6. The van der Waals surface area contributed by atoms with E-state index in [1.54, 1.807) is 16.9 Å². The van der Waals surface area contributed by atoms with Crippen molar-refractivity contribution in [3.05, 3.63) is 28.8 Å². The third-order valence-electron chi connectivity index (χ3n) is 8.75. The van der Waals surface area contributed by atoms with Gasteiger partial charge in [-0.15, -0.1) is 11.4 Å². The van der Waals surface area contributed by atoms with Crippen molar-refractivity contribution < 1.29 is 9.53 Å². The highest BCUT2D eigenvalue weighted by atomic mass is 32.7. The molecule has 1 aromatic carbocycles. The summed E-state index contributed by atoms with van der Waals surface area (Å²) < 4.78 is 5.72. The van der Waals surface area contributed by atoms with Crippen LogP contribution in [0.4, 0.5) is 0 Å². The SMILES string of the molecule is CPSCC(=O)Oc1cc(C)c2c(c1)C[C@H]1C2(C)CCC2C(C)(C)CCC[C@@]21C. The fraction of sp³-hybridized carbons (Fsp3) is 0.720. The molecule has 0 N–H and O–H groups in total. The van der Waals surface area contributed by atoms with Gasteiger partial charge in [0.2, 0.25) is 0 Å². The van der Waals surface area contributed by atoms with Crippen molar-refractivity contribution in [2.45, 2.75) is 78.6 Å². The molecule has 0 spiro atoms. The van der Waals surface area contributed by atoms with Gasteiger partial charge in [-0.1, -0.05) is 41.9 Å². The summed E-state index contributed by atoms with van der Waals surface area (Å²) in [5, 5.41) is 0. The number of ether oxygens (including phenoxy) is 1. The molecule has 1 aromatic rings. The summed E-state index contributed by atoms with van der Waals surface area (Å²) in [5.41, 5.74) is 5.45. The molecule has 0 saturated heterocycles. The molecule has 5 atom stereocenters. The van der Waals surface area contributed by atoms with Crippen molar-refractivity contribution in [2.24, 2.45) is 22.7 Å². The predicted octanol–water partition coefficient (Wildman–Crippen LogP) is 6.91. The standard InChI is InChI=1S/C25H37O2PS/c1-16-12-18(27-21(26)15-29-28-6)13-17-14-20-24(4)10-7-9-23(2,3)19(24)8-11-25(20,5)22(16)17/h12-13,19-20,28H,7-11,14-15H2,1-6H3/t19?,20-,24+,25?/m1/s1. The van der Waals surface area contributed by atoms with Gasteiger partial charge in [0, 0.05) is 0 Å². The Morgan fingerprint density at radius 1 is 1.17 bits per heavy atom. The van der Waals surface area contributed by atoms with E-state index in [1.807, 2.05) is 0 Å². The maximum absolute atomic E-state index is 12.2. The van der Waals surface area contributed by atoms with Crippen LogP contribution in [0.1, 0.15) is 76.5 Å². The number of hydrogen-bond acceptors (Lipinski definition) is 3. The lowest BCUT2D eigenvalue weighted by molar-refractivity contribution is -0.131. The molecule has 4 rings (SSSR count). The molecule has 0 bridgehead atoms. The largest absolute Gasteiger partial charge is 0.426 e. The topological polar surface area (TPSA) is 26.3 Å². The Morgan fingerprint density at radius 3 is 2.66 bits per heavy atom. The molecule has 29 heavy (non-hydrogen) atoms. The summed E-state index contributed by atoms with van der Waals surface area (Å²) in [7, 11) is 0.718. The molecule has 0 heterocycles. The zero-order chi connectivity index (χ0) is 21.0. The number of rotatable bonds is 4. The van der Waals surface area contributed by atoms with E-state index in [2.05, 4.69) is 53.4 Å². The van der Waals surface area contributed by atoms with Crippen LogP contribution in [0.15, 0.2) is 12.1 Å². The maximum atomic E-state index is 12.2. The molecule has 2 nitrogen and oxygen atoms in total. The lowest BCUT2D eigenvalue weighted by Crippen LogP contribution is -2.55. The van der Waals surface area contributed by atoms with E-state index in [1.165, 1.54) is 43.2 Å². The minimum atomic E-state index is -0.119. The molecular formula is C25H37O2PS. The first-order valence-corrected chi connectivity index (χ1v) is 14.5. The van der Waals surface area contributed by atoms with Crippen molar-refractivity contribution in [3.63, 3.8) is 0 Å². The molecular weight excluding hydrogens is 395 g/mol. The first kappa shape index (κ1) is 21.7. The van der Waals surface area contributed by atoms with Crippen LogP contribution in [0.25, 0.3) is 0 Å². The second kappa shape index (κ2) is 7.56. The fourth-order valence-electron chi connectivity index (χ4n) is 7.78. The van der Waals surface area contributed by atoms with E-state index >= 15 is 0 Å². The van der Waals surface area contributed by atoms with Crippen molar-refractivity contribution >= 4 is 25.1 Å². The highest BCUT2D eigenvalue weighted by molar-refractivity contribution is 8.49. The van der Waals surface area contributed by atoms with E-state index in [0.29, 0.717) is 22.5 Å². The summed E-state index contributed by atoms with van der Waals surface area (Å²) in [5.74, 6) is 2.59. The van der Waals surface area contributed by atoms with Gasteiger partial charge in [-0.05, 0) is 103 Å². The lowest BCUT2D eigenvalue weighted by Gasteiger charge is -2.61. The van der Waals surface area contributed by atoms with E-state index in [0.717, 1.165) is 25.9 Å². The van der Waals surface area contributed by atoms with Gasteiger partial charge in [-0.3, -0.25) is 4.79 Å². The smallest absolute Gasteiger partial charge is 0.321 e. The molecule has 0 aliphatic heterocycles. The molecule has 3 aliphatic rings. The number of aryl methyl sites for hydroxylation is 1. The van der Waals surface area contributed by atoms with Gasteiger partial charge >= 0.3 is 5.97 Å². The summed E-state index contributed by atoms with van der Waals surface area (Å²) in [6, 6.07) is 4.30. The third-order valence-corrected chi connectivity index (χ3v) is 10.7. The van der Waals surface area contributed by atoms with Crippen molar-refractivity contribution in [1.82, 2.24) is 0 Å². The summed E-state index contributed by atoms with van der Waals surface area (Å²) in [6.07, 6.45) is 7.89. The highest BCUT2D eigenvalue weighted by Gasteiger charge is 2.61. The summed E-state index contributed by atoms with van der Waals surface area (Å²) in [6.45, 7) is 14.5. The second-order valence-corrected chi connectivity index (χ2v) is 13.9. The molecule has 4 heteroatoms. The number of esters is 1. The van der Waals surface area contributed by atoms with Gasteiger partial charge in [0.15, 0.2) is 0 Å². The number of fused-ring (bicyclic) bond motifs is 5. The van der Waals surface area contributed by atoms with Crippen LogP contribution in [-0.2, 0) is 16.6 Å². The van der Waals surface area contributed by atoms with Gasteiger partial charge in [0.1, 0.15) is 5.75 Å². The summed E-state index contributed by atoms with van der Waals surface area (Å²) >= 11 is 1.65. The van der Waals surface area contributed by atoms with Crippen molar-refractivity contribution in [3.8, 4) is 5.75 Å². The Morgan fingerprint density at radius 2 is 1.93 bits per heavy atom. The van der Waals surface area contributed by atoms with E-state index < -0.39 is 0 Å². The predicted molar refractivity (Wildman–Crippen MR) is 127 cm³/mol. The monoisotopic (exact) mass is 432 g/mol. The van der Waals surface area contributed by atoms with Crippen molar-refractivity contribution in [1.29, 1.82) is 0 Å². The van der Waals surface area contributed by atoms with Crippen LogP contribution in [0, 0.1) is 29.6 Å². The van der Waals surface area contributed by atoms with E-state index in [4.69, 9.17) is 4.74 Å². The third kappa shape index (κ3) is 3.49. The molecule has 2 saturated carbocycles. The van der Waals surface area contributed by atoms with Gasteiger partial charge in [0.05, 0.1) is 5.75 Å². The van der Waals surface area contributed by atoms with Crippen LogP contribution in [0.2, 0.25) is 0 Å². The van der Waals surface area contributed by atoms with Crippen LogP contribution in [0.5, 0.6) is 5.75 Å². The number of carbonyl (C=O) groups excluding carboxylic acids is 1. The van der Waals surface area contributed by atoms with Crippen LogP contribution < -0.4 is 4.74 Å². The molecule has 3 aliphatic carbocycles. The minimum absolute atomic E-state index is 0.119. The van der Waals surface area contributed by atoms with Crippen LogP contribution >= 0.6 is 19.2 Å². The number of carbonyl (C=O) groups is 1. The van der Waals surface area contributed by atoms with Crippen LogP contribution in [-0.4, -0.2) is 18.4 Å². The Bertz CT molecular complexity index is 819. The van der Waals surface area contributed by atoms with Gasteiger partial charge < -0.3 is 4.74 Å². The maximum Gasteiger partial charge on any atom is 0.321 e. The Balaban J connectivity index is 1.67. The van der Waals surface area contributed by atoms with E-state index in [9.17, 15) is 4.79 Å². The molecule has 0 amide bonds. The van der Waals surface area contributed by atoms with Gasteiger partial charge in [-0.25, -0.2) is 0 Å². The Hall–Kier alpha value is -0.530. The molecule has 3 unspecified atom stereocenters. The zero-order valence-corrected chi connectivity index (χ0v) is 20.8. The quantitative estimate of drug-likeness (QED) is 0.294. The van der Waals surface area contributed by atoms with Crippen LogP contribution in [0.3, 0.4) is 0 Å². The highest BCUT2D eigenvalue weighted by Crippen LogP contribution is 2.67. The van der Waals surface area contributed by atoms with Crippen molar-refractivity contribution in [2.75, 3.05) is 12.4 Å². The average molecular weight is 433 g/mol. The zero-order valence-electron chi connectivity index (χ0n) is 19.0. The van der Waals surface area contributed by atoms with E-state index in [-0.39, 0.29) is 11.4 Å². The van der Waals surface area contributed by atoms with Gasteiger partial charge in [0.25, 0.3) is 0 Å². The first-order valence-electron chi connectivity index (χ1n) is 11.2. The average Bonchev–Trinajstić information content (AvgIpc) is 2.93.